The third-order valence-electron chi connectivity index (χ3n) is 1.50. The van der Waals surface area contributed by atoms with Gasteiger partial charge in [-0.05, 0) is 6.07 Å². The Hall–Kier alpha value is -1.77. The smallest absolute Gasteiger partial charge is 0.110 e. The summed E-state index contributed by atoms with van der Waals surface area (Å²) in [6.45, 7) is 0.899. The fraction of sp³-hybridized carbons (Fsp3) is 0. The van der Waals surface area contributed by atoms with Gasteiger partial charge in [-0.3, -0.25) is 0 Å². The molecule has 0 aromatic heterocycles. The first-order valence-corrected chi connectivity index (χ1v) is 3.30. The Morgan fingerprint density at radius 2 is 2.25 bits per heavy atom. The van der Waals surface area contributed by atoms with Gasteiger partial charge in [-0.1, -0.05) is 18.1 Å². The number of terminal acetylenes is 1. The topological polar surface area (TPSA) is 44.0 Å². The van der Waals surface area contributed by atoms with Crippen LogP contribution >= 0.6 is 0 Å². The Bertz CT molecular complexity index is 368. The predicted octanol–water partition coefficient (Wildman–Crippen LogP) is 1.42. The van der Waals surface area contributed by atoms with Crippen molar-refractivity contribution in [2.75, 3.05) is 0 Å². The first-order valence-electron chi connectivity index (χ1n) is 3.30. The second kappa shape index (κ2) is 3.57. The number of nitrogens with zero attached hydrogens (tertiary/aromatic N) is 1. The molecule has 0 bridgehead atoms. The summed E-state index contributed by atoms with van der Waals surface area (Å²) < 4.78 is 0. The van der Waals surface area contributed by atoms with Gasteiger partial charge in [0.25, 0.3) is 0 Å². The molecular formula is C10H6NO. The van der Waals surface area contributed by atoms with E-state index in [4.69, 9.17) is 16.8 Å². The third-order valence-corrected chi connectivity index (χ3v) is 1.50. The molecule has 0 aliphatic heterocycles. The lowest BCUT2D eigenvalue weighted by atomic mass is 10.0. The fourth-order valence-corrected chi connectivity index (χ4v) is 0.932. The van der Waals surface area contributed by atoms with E-state index < -0.39 is 0 Å². The number of aliphatic hydroxyl groups is 1. The summed E-state index contributed by atoms with van der Waals surface area (Å²) in [5, 5.41) is 17.4. The SMILES string of the molecule is C#Cc1c(C#N)cccc1[CH]O. The molecule has 1 aromatic carbocycles. The summed E-state index contributed by atoms with van der Waals surface area (Å²) in [4.78, 5) is 0. The van der Waals surface area contributed by atoms with Gasteiger partial charge in [-0.15, -0.1) is 6.42 Å². The lowest BCUT2D eigenvalue weighted by Crippen LogP contribution is -1.90. The van der Waals surface area contributed by atoms with E-state index in [1.54, 1.807) is 18.2 Å². The minimum absolute atomic E-state index is 0.403. The first kappa shape index (κ1) is 8.33. The maximum absolute atomic E-state index is 8.74. The first-order chi connectivity index (χ1) is 5.83. The second-order valence-corrected chi connectivity index (χ2v) is 2.16. The number of nitriles is 1. The zero-order chi connectivity index (χ0) is 8.97. The highest BCUT2D eigenvalue weighted by Gasteiger charge is 2.03. The third kappa shape index (κ3) is 1.29. The summed E-state index contributed by atoms with van der Waals surface area (Å²) in [5.74, 6) is 2.35. The van der Waals surface area contributed by atoms with Gasteiger partial charge in [-0.25, -0.2) is 0 Å². The zero-order valence-corrected chi connectivity index (χ0v) is 6.28. The van der Waals surface area contributed by atoms with Crippen molar-refractivity contribution in [1.29, 1.82) is 5.26 Å². The number of rotatable bonds is 1. The van der Waals surface area contributed by atoms with E-state index in [2.05, 4.69) is 5.92 Å². The fourth-order valence-electron chi connectivity index (χ4n) is 0.932. The minimum Gasteiger partial charge on any atom is -0.385 e. The molecule has 12 heavy (non-hydrogen) atoms. The largest absolute Gasteiger partial charge is 0.385 e. The zero-order valence-electron chi connectivity index (χ0n) is 6.28. The van der Waals surface area contributed by atoms with Crippen molar-refractivity contribution < 1.29 is 5.11 Å². The average molecular weight is 156 g/mol. The highest BCUT2D eigenvalue weighted by molar-refractivity contribution is 5.53. The van der Waals surface area contributed by atoms with E-state index in [9.17, 15) is 0 Å². The number of hydrogen-bond donors (Lipinski definition) is 1. The quantitative estimate of drug-likeness (QED) is 0.625. The maximum atomic E-state index is 8.74. The molecule has 2 heteroatoms. The van der Waals surface area contributed by atoms with Gasteiger partial charge in [0.05, 0.1) is 5.56 Å². The number of aliphatic hydroxyl groups excluding tert-OH is 1. The van der Waals surface area contributed by atoms with Crippen molar-refractivity contribution in [2.24, 2.45) is 0 Å². The van der Waals surface area contributed by atoms with Gasteiger partial charge in [0.15, 0.2) is 0 Å². The predicted molar refractivity (Wildman–Crippen MR) is 44.4 cm³/mol. The summed E-state index contributed by atoms with van der Waals surface area (Å²) in [6, 6.07) is 6.88. The highest BCUT2D eigenvalue weighted by atomic mass is 16.3. The van der Waals surface area contributed by atoms with Gasteiger partial charge in [0, 0.05) is 11.1 Å². The van der Waals surface area contributed by atoms with Crippen molar-refractivity contribution in [3.8, 4) is 18.4 Å². The van der Waals surface area contributed by atoms with Crippen molar-refractivity contribution in [1.82, 2.24) is 0 Å². The van der Waals surface area contributed by atoms with Crippen LogP contribution in [0.5, 0.6) is 0 Å². The molecule has 1 N–H and O–H groups in total. The van der Waals surface area contributed by atoms with E-state index in [1.165, 1.54) is 0 Å². The van der Waals surface area contributed by atoms with Gasteiger partial charge in [0.1, 0.15) is 12.7 Å². The van der Waals surface area contributed by atoms with E-state index in [0.717, 1.165) is 6.61 Å². The Labute approximate surface area is 71.1 Å². The van der Waals surface area contributed by atoms with Crippen molar-refractivity contribution in [3.63, 3.8) is 0 Å². The van der Waals surface area contributed by atoms with E-state index in [1.807, 2.05) is 6.07 Å². The van der Waals surface area contributed by atoms with Crippen molar-refractivity contribution >= 4 is 0 Å². The molecule has 0 saturated heterocycles. The molecule has 0 amide bonds. The van der Waals surface area contributed by atoms with Crippen LogP contribution in [0.2, 0.25) is 0 Å². The Balaban J connectivity index is 3.37. The normalized spacial score (nSPS) is 8.58. The monoisotopic (exact) mass is 156 g/mol. The molecule has 1 radical (unpaired) electrons. The van der Waals surface area contributed by atoms with Crippen molar-refractivity contribution in [2.45, 2.75) is 0 Å². The summed E-state index contributed by atoms with van der Waals surface area (Å²) in [6.07, 6.45) is 5.17. The molecule has 1 aromatic rings. The van der Waals surface area contributed by atoms with Crippen LogP contribution < -0.4 is 0 Å². The lowest BCUT2D eigenvalue weighted by Gasteiger charge is -2.00. The summed E-state index contributed by atoms with van der Waals surface area (Å²) >= 11 is 0. The molecule has 0 spiro atoms. The number of hydrogen-bond acceptors (Lipinski definition) is 2. The molecule has 0 heterocycles. The molecule has 0 atom stereocenters. The van der Waals surface area contributed by atoms with Crippen molar-refractivity contribution in [3.05, 3.63) is 41.5 Å². The van der Waals surface area contributed by atoms with Crippen LogP contribution in [0.3, 0.4) is 0 Å². The number of benzene rings is 1. The van der Waals surface area contributed by atoms with E-state index in [0.29, 0.717) is 16.7 Å². The minimum atomic E-state index is 0.403. The Morgan fingerprint density at radius 1 is 1.50 bits per heavy atom. The van der Waals surface area contributed by atoms with Crippen LogP contribution in [0.4, 0.5) is 0 Å². The van der Waals surface area contributed by atoms with Gasteiger partial charge >= 0.3 is 0 Å². The van der Waals surface area contributed by atoms with Crippen LogP contribution in [0, 0.1) is 30.3 Å². The molecule has 57 valence electrons. The van der Waals surface area contributed by atoms with Crippen LogP contribution in [0.25, 0.3) is 0 Å². The highest BCUT2D eigenvalue weighted by Crippen LogP contribution is 2.13. The molecule has 0 unspecified atom stereocenters. The van der Waals surface area contributed by atoms with Gasteiger partial charge in [-0.2, -0.15) is 5.26 Å². The molecule has 0 saturated carbocycles. The summed E-state index contributed by atoms with van der Waals surface area (Å²) in [5.41, 5.74) is 1.33. The molecule has 2 nitrogen and oxygen atoms in total. The maximum Gasteiger partial charge on any atom is 0.110 e. The van der Waals surface area contributed by atoms with Crippen LogP contribution in [-0.4, -0.2) is 5.11 Å². The second-order valence-electron chi connectivity index (χ2n) is 2.16. The molecule has 0 fully saturated rings. The van der Waals surface area contributed by atoms with Gasteiger partial charge in [0.2, 0.25) is 0 Å². The van der Waals surface area contributed by atoms with Crippen LogP contribution in [0.15, 0.2) is 18.2 Å². The Kier molecular flexibility index (Phi) is 2.48. The molecular weight excluding hydrogens is 150 g/mol. The van der Waals surface area contributed by atoms with E-state index in [-0.39, 0.29) is 0 Å². The lowest BCUT2D eigenvalue weighted by molar-refractivity contribution is 0.414. The van der Waals surface area contributed by atoms with E-state index >= 15 is 0 Å². The standard InChI is InChI=1S/C10H6NO/c1-2-10-8(6-11)4-3-5-9(10)7-12/h1,3-5,7,12H. The Morgan fingerprint density at radius 3 is 2.75 bits per heavy atom. The molecule has 1 rings (SSSR count). The van der Waals surface area contributed by atoms with Gasteiger partial charge < -0.3 is 5.11 Å². The summed E-state index contributed by atoms with van der Waals surface area (Å²) in [7, 11) is 0. The molecule has 0 aliphatic carbocycles. The van der Waals surface area contributed by atoms with Crippen LogP contribution in [0.1, 0.15) is 16.7 Å². The molecule has 0 aliphatic rings. The van der Waals surface area contributed by atoms with Crippen LogP contribution in [-0.2, 0) is 0 Å². The average Bonchev–Trinajstić information content (AvgIpc) is 2.16.